The van der Waals surface area contributed by atoms with Gasteiger partial charge in [-0.3, -0.25) is 0 Å². The Morgan fingerprint density at radius 3 is 2.52 bits per heavy atom. The van der Waals surface area contributed by atoms with Crippen LogP contribution in [0.4, 0.5) is 0 Å². The highest BCUT2D eigenvalue weighted by molar-refractivity contribution is 14.1. The smallest absolute Gasteiger partial charge is 0.0849 e. The summed E-state index contributed by atoms with van der Waals surface area (Å²) in [6, 6.07) is 0. The Hall–Kier alpha value is 0.310. The zero-order valence-corrected chi connectivity index (χ0v) is 21.9. The Balaban J connectivity index is 1.58. The summed E-state index contributed by atoms with van der Waals surface area (Å²) < 4.78 is 0.534. The third kappa shape index (κ3) is 5.87. The number of alkyl halides is 1. The zero-order valence-electron chi connectivity index (χ0n) is 19.8. The molecule has 31 heavy (non-hydrogen) atoms. The van der Waals surface area contributed by atoms with E-state index in [9.17, 15) is 20.4 Å². The Bertz CT molecular complexity index is 617. The average Bonchev–Trinajstić information content (AvgIpc) is 3.04. The van der Waals surface area contributed by atoms with E-state index in [1.54, 1.807) is 13.8 Å². The van der Waals surface area contributed by atoms with E-state index in [0.29, 0.717) is 28.1 Å². The van der Waals surface area contributed by atoms with Crippen molar-refractivity contribution in [3.05, 3.63) is 12.2 Å². The van der Waals surface area contributed by atoms with Gasteiger partial charge in [0.05, 0.1) is 23.9 Å². The lowest BCUT2D eigenvalue weighted by molar-refractivity contribution is -0.0529. The molecule has 3 fully saturated rings. The Morgan fingerprint density at radius 2 is 1.84 bits per heavy atom. The first-order valence-corrected chi connectivity index (χ1v) is 13.8. The minimum atomic E-state index is -1.03. The summed E-state index contributed by atoms with van der Waals surface area (Å²) in [5.74, 6) is 2.43. The third-order valence-corrected chi connectivity index (χ3v) is 10.7. The van der Waals surface area contributed by atoms with Crippen molar-refractivity contribution in [2.24, 2.45) is 29.1 Å². The molecule has 0 spiro atoms. The van der Waals surface area contributed by atoms with Crippen LogP contribution in [0.1, 0.15) is 91.4 Å². The molecule has 0 aromatic heterocycles. The first-order valence-electron chi connectivity index (χ1n) is 12.5. The maximum Gasteiger partial charge on any atom is 0.0849 e. The highest BCUT2D eigenvalue weighted by Gasteiger charge is 2.52. The second-order valence-electron chi connectivity index (χ2n) is 11.7. The molecule has 8 unspecified atom stereocenters. The lowest BCUT2D eigenvalue weighted by Crippen LogP contribution is -2.41. The molecule has 0 saturated heterocycles. The fourth-order valence-corrected chi connectivity index (χ4v) is 8.71. The maximum atomic E-state index is 10.3. The summed E-state index contributed by atoms with van der Waals surface area (Å²) in [6.07, 6.45) is 9.93. The number of fused-ring (bicyclic) bond motifs is 1. The third-order valence-electron chi connectivity index (χ3n) is 9.20. The van der Waals surface area contributed by atoms with Crippen molar-refractivity contribution in [2.75, 3.05) is 0 Å². The van der Waals surface area contributed by atoms with Gasteiger partial charge >= 0.3 is 0 Å². The maximum absolute atomic E-state index is 10.3. The molecule has 0 amide bonds. The van der Waals surface area contributed by atoms with Crippen LogP contribution in [-0.2, 0) is 0 Å². The van der Waals surface area contributed by atoms with Crippen molar-refractivity contribution >= 4 is 22.6 Å². The van der Waals surface area contributed by atoms with Crippen molar-refractivity contribution in [2.45, 2.75) is 119 Å². The number of rotatable bonds is 8. The SMILES string of the molecule is C=C1C(O)CC(O)CC1CCC1CCCC2(C)C(C(I)CC[C@@H](O)C(C)(C)O)CCC12. The van der Waals surface area contributed by atoms with Crippen molar-refractivity contribution in [1.82, 2.24) is 0 Å². The van der Waals surface area contributed by atoms with Gasteiger partial charge < -0.3 is 20.4 Å². The van der Waals surface area contributed by atoms with E-state index in [1.165, 1.54) is 38.5 Å². The van der Waals surface area contributed by atoms with Crippen LogP contribution in [0.15, 0.2) is 12.2 Å². The molecular formula is C26H45IO4. The molecule has 4 N–H and O–H groups in total. The monoisotopic (exact) mass is 548 g/mol. The molecule has 4 nitrogen and oxygen atoms in total. The molecule has 3 aliphatic carbocycles. The van der Waals surface area contributed by atoms with Gasteiger partial charge in [-0.05, 0) is 99.9 Å². The molecule has 0 aromatic rings. The van der Waals surface area contributed by atoms with Gasteiger partial charge in [-0.15, -0.1) is 0 Å². The molecule has 0 aromatic carbocycles. The number of halogens is 1. The molecule has 5 heteroatoms. The van der Waals surface area contributed by atoms with Crippen LogP contribution in [-0.4, -0.2) is 48.3 Å². The van der Waals surface area contributed by atoms with E-state index in [-0.39, 0.29) is 5.92 Å². The topological polar surface area (TPSA) is 80.9 Å². The molecule has 0 heterocycles. The summed E-state index contributed by atoms with van der Waals surface area (Å²) in [4.78, 5) is 0. The Kier molecular flexibility index (Phi) is 8.60. The van der Waals surface area contributed by atoms with Crippen molar-refractivity contribution in [3.63, 3.8) is 0 Å². The molecule has 9 atom stereocenters. The summed E-state index contributed by atoms with van der Waals surface area (Å²) in [5.41, 5.74) is 0.279. The zero-order chi connectivity index (χ0) is 23.0. The van der Waals surface area contributed by atoms with Crippen LogP contribution in [0.25, 0.3) is 0 Å². The van der Waals surface area contributed by atoms with E-state index < -0.39 is 23.9 Å². The molecular weight excluding hydrogens is 503 g/mol. The highest BCUT2D eigenvalue weighted by Crippen LogP contribution is 2.60. The molecule has 0 bridgehead atoms. The largest absolute Gasteiger partial charge is 0.393 e. The van der Waals surface area contributed by atoms with Gasteiger partial charge in [-0.2, -0.15) is 0 Å². The highest BCUT2D eigenvalue weighted by atomic mass is 127. The fourth-order valence-electron chi connectivity index (χ4n) is 7.17. The van der Waals surface area contributed by atoms with Gasteiger partial charge in [0.25, 0.3) is 0 Å². The van der Waals surface area contributed by atoms with E-state index in [2.05, 4.69) is 36.1 Å². The van der Waals surface area contributed by atoms with Gasteiger partial charge in [-0.25, -0.2) is 0 Å². The van der Waals surface area contributed by atoms with Crippen LogP contribution >= 0.6 is 22.6 Å². The van der Waals surface area contributed by atoms with Crippen molar-refractivity contribution in [3.8, 4) is 0 Å². The van der Waals surface area contributed by atoms with E-state index in [4.69, 9.17) is 0 Å². The average molecular weight is 549 g/mol. The standard InChI is InChI=1S/C26H45IO4/c1-16-18(14-19(28)15-23(16)29)8-7-17-6-5-13-26(4)20(17)9-10-21(26)22(27)11-12-24(30)25(2,3)31/h17-24,28-31H,1,5-15H2,2-4H3/t17?,18?,19?,20?,21?,22?,23?,24-,26?/m1/s1. The summed E-state index contributed by atoms with van der Waals surface area (Å²) in [6.45, 7) is 10.0. The Labute approximate surface area is 203 Å². The Morgan fingerprint density at radius 1 is 1.13 bits per heavy atom. The van der Waals surface area contributed by atoms with Crippen LogP contribution in [0.5, 0.6) is 0 Å². The molecule has 0 radical (unpaired) electrons. The second-order valence-corrected chi connectivity index (χ2v) is 13.3. The lowest BCUT2D eigenvalue weighted by Gasteiger charge is -2.47. The van der Waals surface area contributed by atoms with Gasteiger partial charge in [-0.1, -0.05) is 48.9 Å². The van der Waals surface area contributed by atoms with Crippen molar-refractivity contribution < 1.29 is 20.4 Å². The van der Waals surface area contributed by atoms with Crippen LogP contribution in [0, 0.1) is 29.1 Å². The van der Waals surface area contributed by atoms with E-state index in [1.807, 2.05) is 0 Å². The fraction of sp³-hybridized carbons (Fsp3) is 0.923. The summed E-state index contributed by atoms with van der Waals surface area (Å²) in [7, 11) is 0. The number of hydrogen-bond donors (Lipinski definition) is 4. The van der Waals surface area contributed by atoms with Crippen LogP contribution in [0.3, 0.4) is 0 Å². The number of hydrogen-bond acceptors (Lipinski definition) is 4. The quantitative estimate of drug-likeness (QED) is 0.196. The second kappa shape index (κ2) is 10.3. The normalized spacial score (nSPS) is 41.1. The summed E-state index contributed by atoms with van der Waals surface area (Å²) in [5, 5.41) is 40.6. The van der Waals surface area contributed by atoms with E-state index >= 15 is 0 Å². The molecule has 180 valence electrons. The van der Waals surface area contributed by atoms with Gasteiger partial charge in [0, 0.05) is 10.3 Å². The summed E-state index contributed by atoms with van der Waals surface area (Å²) >= 11 is 2.61. The minimum Gasteiger partial charge on any atom is -0.393 e. The van der Waals surface area contributed by atoms with Crippen molar-refractivity contribution in [1.29, 1.82) is 0 Å². The van der Waals surface area contributed by atoms with Gasteiger partial charge in [0.1, 0.15) is 0 Å². The lowest BCUT2D eigenvalue weighted by atomic mass is 9.59. The molecule has 0 aliphatic heterocycles. The minimum absolute atomic E-state index is 0.254. The van der Waals surface area contributed by atoms with Gasteiger partial charge in [0.15, 0.2) is 0 Å². The van der Waals surface area contributed by atoms with E-state index in [0.717, 1.165) is 36.7 Å². The molecule has 3 saturated carbocycles. The first-order chi connectivity index (χ1) is 14.4. The predicted molar refractivity (Wildman–Crippen MR) is 134 cm³/mol. The molecule has 3 rings (SSSR count). The van der Waals surface area contributed by atoms with Gasteiger partial charge in [0.2, 0.25) is 0 Å². The number of aliphatic hydroxyl groups excluding tert-OH is 3. The first kappa shape index (κ1) is 25.9. The molecule has 3 aliphatic rings. The van der Waals surface area contributed by atoms with Crippen LogP contribution in [0.2, 0.25) is 0 Å². The van der Waals surface area contributed by atoms with Crippen LogP contribution < -0.4 is 0 Å². The number of aliphatic hydroxyl groups is 4. The predicted octanol–water partition coefficient (Wildman–Crippen LogP) is 5.00.